The molecule has 4 nitrogen and oxygen atoms in total. The molecule has 0 amide bonds. The number of rotatable bonds is 5. The molecule has 2 heterocycles. The van der Waals surface area contributed by atoms with Crippen molar-refractivity contribution < 1.29 is 4.74 Å². The Morgan fingerprint density at radius 1 is 1.22 bits per heavy atom. The first-order chi connectivity index (χ1) is 11.1. The minimum absolute atomic E-state index is 0.450. The number of nitrogens with zero attached hydrogens (tertiary/aromatic N) is 2. The molecular weight excluding hydrogens is 310 g/mol. The zero-order chi connectivity index (χ0) is 16.2. The molecule has 0 aliphatic rings. The van der Waals surface area contributed by atoms with Gasteiger partial charge in [-0.3, -0.25) is 10.1 Å². The normalized spacial score (nSPS) is 11.0. The van der Waals surface area contributed by atoms with Gasteiger partial charge in [-0.1, -0.05) is 25.4 Å². The number of pyridine rings is 1. The number of benzene rings is 1. The standard InChI is InChI=1S/C18H18ClN3O/c1-12(2)11-23-18-6-5-14(19)8-15(18)17-9-16(21-22-17)13-4-3-7-20-10-13/h3-10,12H,11H2,1-2H3,(H,21,22). The van der Waals surface area contributed by atoms with E-state index in [9.17, 15) is 0 Å². The van der Waals surface area contributed by atoms with E-state index in [4.69, 9.17) is 16.3 Å². The van der Waals surface area contributed by atoms with E-state index in [-0.39, 0.29) is 0 Å². The van der Waals surface area contributed by atoms with E-state index in [1.54, 1.807) is 12.4 Å². The molecule has 0 bridgehead atoms. The number of ether oxygens (including phenoxy) is 1. The molecule has 2 aromatic heterocycles. The largest absolute Gasteiger partial charge is 0.493 e. The molecular formula is C18H18ClN3O. The van der Waals surface area contributed by atoms with Gasteiger partial charge in [0.25, 0.3) is 0 Å². The summed E-state index contributed by atoms with van der Waals surface area (Å²) < 4.78 is 5.90. The highest BCUT2D eigenvalue weighted by atomic mass is 35.5. The van der Waals surface area contributed by atoms with E-state index >= 15 is 0 Å². The minimum Gasteiger partial charge on any atom is -0.493 e. The maximum atomic E-state index is 6.15. The van der Waals surface area contributed by atoms with Crippen LogP contribution in [-0.4, -0.2) is 21.8 Å². The van der Waals surface area contributed by atoms with Gasteiger partial charge >= 0.3 is 0 Å². The van der Waals surface area contributed by atoms with Gasteiger partial charge in [0.2, 0.25) is 0 Å². The van der Waals surface area contributed by atoms with Gasteiger partial charge in [0, 0.05) is 28.5 Å². The van der Waals surface area contributed by atoms with Gasteiger partial charge in [-0.2, -0.15) is 5.10 Å². The summed E-state index contributed by atoms with van der Waals surface area (Å²) in [6.07, 6.45) is 3.53. The number of nitrogens with one attached hydrogen (secondary N) is 1. The lowest BCUT2D eigenvalue weighted by atomic mass is 10.1. The number of hydrogen-bond donors (Lipinski definition) is 1. The Bertz CT molecular complexity index is 784. The third-order valence-corrected chi connectivity index (χ3v) is 3.57. The lowest BCUT2D eigenvalue weighted by Gasteiger charge is -2.12. The van der Waals surface area contributed by atoms with Crippen molar-refractivity contribution in [1.29, 1.82) is 0 Å². The zero-order valence-electron chi connectivity index (χ0n) is 13.1. The van der Waals surface area contributed by atoms with Crippen molar-refractivity contribution in [3.63, 3.8) is 0 Å². The van der Waals surface area contributed by atoms with Crippen LogP contribution < -0.4 is 4.74 Å². The molecule has 1 aromatic carbocycles. The van der Waals surface area contributed by atoms with Gasteiger partial charge in [-0.05, 0) is 42.3 Å². The summed E-state index contributed by atoms with van der Waals surface area (Å²) in [6.45, 7) is 4.89. The molecule has 0 atom stereocenters. The van der Waals surface area contributed by atoms with Crippen LogP contribution in [0.25, 0.3) is 22.5 Å². The highest BCUT2D eigenvalue weighted by Crippen LogP contribution is 2.33. The predicted molar refractivity (Wildman–Crippen MR) is 92.6 cm³/mol. The van der Waals surface area contributed by atoms with Crippen LogP contribution in [0.4, 0.5) is 0 Å². The summed E-state index contributed by atoms with van der Waals surface area (Å²) >= 11 is 6.15. The third-order valence-electron chi connectivity index (χ3n) is 3.34. The number of H-pyrrole nitrogens is 1. The molecule has 0 aliphatic carbocycles. The summed E-state index contributed by atoms with van der Waals surface area (Å²) in [4.78, 5) is 4.12. The SMILES string of the molecule is CC(C)COc1ccc(Cl)cc1-c1cc(-c2cccnc2)n[nH]1. The second kappa shape index (κ2) is 6.84. The van der Waals surface area contributed by atoms with Crippen molar-refractivity contribution in [2.45, 2.75) is 13.8 Å². The van der Waals surface area contributed by atoms with Crippen molar-refractivity contribution in [2.75, 3.05) is 6.61 Å². The molecule has 0 radical (unpaired) electrons. The van der Waals surface area contributed by atoms with Crippen LogP contribution >= 0.6 is 11.6 Å². The molecule has 3 rings (SSSR count). The highest BCUT2D eigenvalue weighted by Gasteiger charge is 2.12. The van der Waals surface area contributed by atoms with Gasteiger partial charge in [0.15, 0.2) is 0 Å². The van der Waals surface area contributed by atoms with Gasteiger partial charge in [-0.25, -0.2) is 0 Å². The lowest BCUT2D eigenvalue weighted by Crippen LogP contribution is -2.05. The Balaban J connectivity index is 1.95. The summed E-state index contributed by atoms with van der Waals surface area (Å²) in [5.41, 5.74) is 3.57. The maximum absolute atomic E-state index is 6.15. The molecule has 0 aliphatic heterocycles. The molecule has 3 aromatic rings. The van der Waals surface area contributed by atoms with Crippen molar-refractivity contribution >= 4 is 11.6 Å². The molecule has 0 saturated heterocycles. The van der Waals surface area contributed by atoms with Crippen LogP contribution in [-0.2, 0) is 0 Å². The summed E-state index contributed by atoms with van der Waals surface area (Å²) in [5.74, 6) is 1.25. The Kier molecular flexibility index (Phi) is 4.63. The maximum Gasteiger partial charge on any atom is 0.128 e. The summed E-state index contributed by atoms with van der Waals surface area (Å²) in [7, 11) is 0. The first kappa shape index (κ1) is 15.6. The van der Waals surface area contributed by atoms with E-state index in [2.05, 4.69) is 29.0 Å². The molecule has 0 saturated carbocycles. The highest BCUT2D eigenvalue weighted by molar-refractivity contribution is 6.31. The van der Waals surface area contributed by atoms with E-state index in [1.165, 1.54) is 0 Å². The van der Waals surface area contributed by atoms with Crippen LogP contribution in [0.3, 0.4) is 0 Å². The molecule has 23 heavy (non-hydrogen) atoms. The number of aromatic nitrogens is 3. The molecule has 5 heteroatoms. The fourth-order valence-electron chi connectivity index (χ4n) is 2.22. The van der Waals surface area contributed by atoms with Crippen molar-refractivity contribution in [3.05, 3.63) is 53.8 Å². The Morgan fingerprint density at radius 3 is 2.83 bits per heavy atom. The smallest absolute Gasteiger partial charge is 0.128 e. The lowest BCUT2D eigenvalue weighted by molar-refractivity contribution is 0.272. The van der Waals surface area contributed by atoms with Crippen LogP contribution in [0.5, 0.6) is 5.75 Å². The molecule has 0 spiro atoms. The van der Waals surface area contributed by atoms with Gasteiger partial charge < -0.3 is 4.74 Å². The predicted octanol–water partition coefficient (Wildman–Crippen LogP) is 4.83. The first-order valence-electron chi connectivity index (χ1n) is 7.52. The van der Waals surface area contributed by atoms with Crippen LogP contribution in [0.2, 0.25) is 5.02 Å². The average Bonchev–Trinajstić information content (AvgIpc) is 3.04. The van der Waals surface area contributed by atoms with Crippen LogP contribution in [0.15, 0.2) is 48.8 Å². The quantitative estimate of drug-likeness (QED) is 0.730. The van der Waals surface area contributed by atoms with E-state index in [0.717, 1.165) is 28.3 Å². The van der Waals surface area contributed by atoms with Gasteiger partial charge in [-0.15, -0.1) is 0 Å². The van der Waals surface area contributed by atoms with Gasteiger partial charge in [0.1, 0.15) is 5.75 Å². The molecule has 1 N–H and O–H groups in total. The van der Waals surface area contributed by atoms with Crippen molar-refractivity contribution in [3.8, 4) is 28.3 Å². The Hall–Kier alpha value is -2.33. The van der Waals surface area contributed by atoms with E-state index in [1.807, 2.05) is 36.4 Å². The third kappa shape index (κ3) is 3.71. The topological polar surface area (TPSA) is 50.8 Å². The first-order valence-corrected chi connectivity index (χ1v) is 7.90. The molecule has 0 unspecified atom stereocenters. The van der Waals surface area contributed by atoms with Crippen LogP contribution in [0, 0.1) is 5.92 Å². The number of halogens is 1. The number of hydrogen-bond acceptors (Lipinski definition) is 3. The Labute approximate surface area is 140 Å². The summed E-state index contributed by atoms with van der Waals surface area (Å²) in [5, 5.41) is 8.09. The van der Waals surface area contributed by atoms with Crippen molar-refractivity contribution in [2.24, 2.45) is 5.92 Å². The fraction of sp³-hybridized carbons (Fsp3) is 0.222. The second-order valence-corrected chi connectivity index (χ2v) is 6.19. The van der Waals surface area contributed by atoms with Crippen LogP contribution in [0.1, 0.15) is 13.8 Å². The van der Waals surface area contributed by atoms with E-state index < -0.39 is 0 Å². The molecule has 118 valence electrons. The minimum atomic E-state index is 0.450. The monoisotopic (exact) mass is 327 g/mol. The fourth-order valence-corrected chi connectivity index (χ4v) is 2.39. The zero-order valence-corrected chi connectivity index (χ0v) is 13.8. The second-order valence-electron chi connectivity index (χ2n) is 5.75. The van der Waals surface area contributed by atoms with Crippen molar-refractivity contribution in [1.82, 2.24) is 15.2 Å². The Morgan fingerprint density at radius 2 is 2.09 bits per heavy atom. The summed E-state index contributed by atoms with van der Waals surface area (Å²) in [6, 6.07) is 11.5. The van der Waals surface area contributed by atoms with E-state index in [0.29, 0.717) is 17.5 Å². The van der Waals surface area contributed by atoms with Gasteiger partial charge in [0.05, 0.1) is 18.0 Å². The molecule has 0 fully saturated rings. The number of aromatic amines is 1. The average molecular weight is 328 g/mol.